The second-order valence-electron chi connectivity index (χ2n) is 2.78. The smallest absolute Gasteiger partial charge is 0.416 e. The van der Waals surface area contributed by atoms with Crippen LogP contribution in [0.5, 0.6) is 5.75 Å². The molecule has 0 fully saturated rings. The molecule has 0 N–H and O–H groups in total. The second kappa shape index (κ2) is 3.68. The molecule has 0 bridgehead atoms. The molecule has 1 radical (unpaired) electrons. The van der Waals surface area contributed by atoms with Crippen LogP contribution in [0.4, 0.5) is 0 Å². The number of rotatable bonds is 2. The molecule has 0 aromatic heterocycles. The number of benzene rings is 2. The molecule has 69 valence electrons. The summed E-state index contributed by atoms with van der Waals surface area (Å²) in [7, 11) is 0. The fourth-order valence-electron chi connectivity index (χ4n) is 1.36. The molecular weight excluding hydrogens is 200 g/mol. The number of ether oxygens (including phenoxy) is 1. The van der Waals surface area contributed by atoms with Crippen molar-refractivity contribution >= 4 is 28.8 Å². The third-order valence-electron chi connectivity index (χ3n) is 1.98. The summed E-state index contributed by atoms with van der Waals surface area (Å²) in [6.07, 6.45) is 0. The zero-order valence-corrected chi connectivity index (χ0v) is 7.91. The maximum atomic E-state index is 10.2. The molecule has 0 unspecified atom stereocenters. The van der Waals surface area contributed by atoms with Gasteiger partial charge in [0.1, 0.15) is 0 Å². The van der Waals surface area contributed by atoms with Gasteiger partial charge in [0.2, 0.25) is 0 Å². The van der Waals surface area contributed by atoms with Crippen molar-refractivity contribution in [2.75, 3.05) is 0 Å². The summed E-state index contributed by atoms with van der Waals surface area (Å²) < 4.78 is 4.71. The zero-order chi connectivity index (χ0) is 9.97. The Labute approximate surface area is 86.1 Å². The first-order chi connectivity index (χ1) is 6.83. The minimum absolute atomic E-state index is 0.361. The van der Waals surface area contributed by atoms with Crippen LogP contribution in [0.3, 0.4) is 0 Å². The minimum atomic E-state index is 0.361. The van der Waals surface area contributed by atoms with Gasteiger partial charge in [-0.3, -0.25) is 0 Å². The molecule has 0 spiro atoms. The van der Waals surface area contributed by atoms with Crippen LogP contribution in [0, 0.1) is 0 Å². The van der Waals surface area contributed by atoms with Crippen LogP contribution in [0.15, 0.2) is 36.4 Å². The molecule has 3 heteroatoms. The zero-order valence-electron chi connectivity index (χ0n) is 7.16. The van der Waals surface area contributed by atoms with Gasteiger partial charge in [0.15, 0.2) is 5.75 Å². The summed E-state index contributed by atoms with van der Waals surface area (Å²) in [5.41, 5.74) is 0. The lowest BCUT2D eigenvalue weighted by Crippen LogP contribution is -1.90. The van der Waals surface area contributed by atoms with E-state index in [1.54, 1.807) is 6.07 Å². The first-order valence-corrected chi connectivity index (χ1v) is 4.42. The Morgan fingerprint density at radius 2 is 1.93 bits per heavy atom. The fourth-order valence-corrected chi connectivity index (χ4v) is 1.57. The molecule has 2 aromatic carbocycles. The molecule has 0 heterocycles. The summed E-state index contributed by atoms with van der Waals surface area (Å²) in [6.45, 7) is 1.38. The maximum absolute atomic E-state index is 10.2. The topological polar surface area (TPSA) is 26.3 Å². The average molecular weight is 206 g/mol. The minimum Gasteiger partial charge on any atom is -0.416 e. The Morgan fingerprint density at radius 1 is 1.14 bits per heavy atom. The van der Waals surface area contributed by atoms with Gasteiger partial charge in [-0.1, -0.05) is 41.9 Å². The van der Waals surface area contributed by atoms with Crippen LogP contribution in [0.25, 0.3) is 10.8 Å². The van der Waals surface area contributed by atoms with Gasteiger partial charge >= 0.3 is 6.47 Å². The molecule has 0 amide bonds. The normalized spacial score (nSPS) is 10.1. The van der Waals surface area contributed by atoms with Gasteiger partial charge in [-0.2, -0.15) is 0 Å². The van der Waals surface area contributed by atoms with Crippen LogP contribution in [0.1, 0.15) is 0 Å². The van der Waals surface area contributed by atoms with Gasteiger partial charge in [-0.05, 0) is 11.5 Å². The van der Waals surface area contributed by atoms with E-state index in [-0.39, 0.29) is 0 Å². The lowest BCUT2D eigenvalue weighted by atomic mass is 10.1. The Morgan fingerprint density at radius 3 is 2.71 bits per heavy atom. The number of halogens is 1. The molecule has 0 aliphatic carbocycles. The first kappa shape index (κ1) is 9.03. The highest BCUT2D eigenvalue weighted by Gasteiger charge is 2.06. The summed E-state index contributed by atoms with van der Waals surface area (Å²) in [5.74, 6) is 0.361. The van der Waals surface area contributed by atoms with E-state index >= 15 is 0 Å². The molecular formula is C11H6ClO2. The molecule has 14 heavy (non-hydrogen) atoms. The Kier molecular flexibility index (Phi) is 2.37. The average Bonchev–Trinajstić information content (AvgIpc) is 2.23. The van der Waals surface area contributed by atoms with Crippen molar-refractivity contribution in [2.45, 2.75) is 0 Å². The van der Waals surface area contributed by atoms with Gasteiger partial charge < -0.3 is 4.74 Å². The van der Waals surface area contributed by atoms with Crippen molar-refractivity contribution in [3.05, 3.63) is 41.4 Å². The highest BCUT2D eigenvalue weighted by molar-refractivity contribution is 6.33. The molecule has 0 atom stereocenters. The van der Waals surface area contributed by atoms with Crippen molar-refractivity contribution in [1.82, 2.24) is 0 Å². The SMILES string of the molecule is O=[C]Oc1c(Cl)ccc2ccccc12. The predicted octanol–water partition coefficient (Wildman–Crippen LogP) is 2.94. The highest BCUT2D eigenvalue weighted by atomic mass is 35.5. The first-order valence-electron chi connectivity index (χ1n) is 4.04. The molecule has 0 aliphatic rings. The summed E-state index contributed by atoms with van der Waals surface area (Å²) >= 11 is 5.88. The lowest BCUT2D eigenvalue weighted by Gasteiger charge is -2.04. The number of carbonyl (C=O) groups excluding carboxylic acids is 1. The third kappa shape index (κ3) is 1.44. The standard InChI is InChI=1S/C11H6ClO2/c12-10-6-5-8-3-1-2-4-9(8)11(10)14-7-13/h1-6H. The van der Waals surface area contributed by atoms with Gasteiger partial charge in [0.25, 0.3) is 0 Å². The van der Waals surface area contributed by atoms with Crippen LogP contribution < -0.4 is 4.74 Å². The molecule has 2 nitrogen and oxygen atoms in total. The quantitative estimate of drug-likeness (QED) is 0.754. The molecule has 2 rings (SSSR count). The number of hydrogen-bond acceptors (Lipinski definition) is 2. The van der Waals surface area contributed by atoms with E-state index < -0.39 is 0 Å². The van der Waals surface area contributed by atoms with E-state index in [4.69, 9.17) is 16.3 Å². The summed E-state index contributed by atoms with van der Waals surface area (Å²) in [4.78, 5) is 10.2. The second-order valence-corrected chi connectivity index (χ2v) is 3.19. The molecule has 0 saturated heterocycles. The van der Waals surface area contributed by atoms with E-state index in [0.717, 1.165) is 10.8 Å². The van der Waals surface area contributed by atoms with E-state index in [1.165, 1.54) is 6.47 Å². The fraction of sp³-hybridized carbons (Fsp3) is 0. The third-order valence-corrected chi connectivity index (χ3v) is 2.27. The largest absolute Gasteiger partial charge is 0.423 e. The maximum Gasteiger partial charge on any atom is 0.423 e. The number of fused-ring (bicyclic) bond motifs is 1. The monoisotopic (exact) mass is 205 g/mol. The van der Waals surface area contributed by atoms with Crippen molar-refractivity contribution in [3.8, 4) is 5.75 Å². The van der Waals surface area contributed by atoms with Gasteiger partial charge in [-0.25, -0.2) is 4.79 Å². The highest BCUT2D eigenvalue weighted by Crippen LogP contribution is 2.32. The Hall–Kier alpha value is -1.54. The van der Waals surface area contributed by atoms with Crippen molar-refractivity contribution in [1.29, 1.82) is 0 Å². The van der Waals surface area contributed by atoms with E-state index in [0.29, 0.717) is 10.8 Å². The van der Waals surface area contributed by atoms with Crippen molar-refractivity contribution in [2.24, 2.45) is 0 Å². The van der Waals surface area contributed by atoms with Crippen molar-refractivity contribution < 1.29 is 9.53 Å². The predicted molar refractivity (Wildman–Crippen MR) is 55.3 cm³/mol. The Bertz CT molecular complexity index is 480. The number of hydrogen-bond donors (Lipinski definition) is 0. The van der Waals surface area contributed by atoms with Crippen molar-refractivity contribution in [3.63, 3.8) is 0 Å². The van der Waals surface area contributed by atoms with Gasteiger partial charge in [-0.15, -0.1) is 0 Å². The summed E-state index contributed by atoms with van der Waals surface area (Å²) in [5, 5.41) is 2.19. The molecule has 0 saturated carbocycles. The Balaban J connectivity index is 2.75. The molecule has 2 aromatic rings. The van der Waals surface area contributed by atoms with E-state index in [1.807, 2.05) is 30.3 Å². The van der Waals surface area contributed by atoms with Gasteiger partial charge in [0.05, 0.1) is 5.02 Å². The molecule has 0 aliphatic heterocycles. The summed E-state index contributed by atoms with van der Waals surface area (Å²) in [6, 6.07) is 11.1. The van der Waals surface area contributed by atoms with Crippen LogP contribution >= 0.6 is 11.6 Å². The van der Waals surface area contributed by atoms with Crippen LogP contribution in [0.2, 0.25) is 5.02 Å². The van der Waals surface area contributed by atoms with E-state index in [2.05, 4.69) is 0 Å². The van der Waals surface area contributed by atoms with Gasteiger partial charge in [0, 0.05) is 5.39 Å². The van der Waals surface area contributed by atoms with E-state index in [9.17, 15) is 4.79 Å². The van der Waals surface area contributed by atoms with Crippen LogP contribution in [-0.2, 0) is 4.79 Å². The van der Waals surface area contributed by atoms with Crippen LogP contribution in [-0.4, -0.2) is 6.47 Å². The lowest BCUT2D eigenvalue weighted by molar-refractivity contribution is 0.445.